The molecule has 4 rings (SSSR count). The summed E-state index contributed by atoms with van der Waals surface area (Å²) in [6.45, 7) is 0.406. The van der Waals surface area contributed by atoms with Gasteiger partial charge >= 0.3 is 0 Å². The average Bonchev–Trinajstić information content (AvgIpc) is 3.32. The Kier molecular flexibility index (Phi) is 5.62. The molecule has 3 N–H and O–H groups in total. The van der Waals surface area contributed by atoms with Crippen LogP contribution in [0.25, 0.3) is 16.7 Å². The number of carbonyl (C=O) groups excluding carboxylic acids is 1. The van der Waals surface area contributed by atoms with Crippen molar-refractivity contribution in [2.45, 2.75) is 19.3 Å². The minimum absolute atomic E-state index is 0.118. The lowest BCUT2D eigenvalue weighted by Gasteiger charge is -2.04. The van der Waals surface area contributed by atoms with Crippen molar-refractivity contribution in [3.8, 4) is 11.8 Å². The van der Waals surface area contributed by atoms with Crippen molar-refractivity contribution < 1.29 is 13.7 Å². The van der Waals surface area contributed by atoms with Crippen LogP contribution in [0.2, 0.25) is 0 Å². The van der Waals surface area contributed by atoms with Crippen molar-refractivity contribution in [2.75, 3.05) is 12.3 Å². The van der Waals surface area contributed by atoms with Gasteiger partial charge in [0.2, 0.25) is 5.91 Å². The number of nitrogens with two attached hydrogens (primary N) is 1. The molecule has 2 aromatic heterocycles. The van der Waals surface area contributed by atoms with Gasteiger partial charge in [-0.3, -0.25) is 4.79 Å². The fraction of sp³-hybridized carbons (Fsp3) is 0.182. The number of aromatic nitrogens is 3. The van der Waals surface area contributed by atoms with E-state index in [-0.39, 0.29) is 29.5 Å². The highest BCUT2D eigenvalue weighted by molar-refractivity contribution is 5.86. The molecule has 0 fully saturated rings. The third kappa shape index (κ3) is 4.23. The van der Waals surface area contributed by atoms with E-state index in [4.69, 9.17) is 10.3 Å². The molecule has 1 amide bonds. The monoisotopic (exact) mass is 418 g/mol. The van der Waals surface area contributed by atoms with Crippen molar-refractivity contribution >= 4 is 22.7 Å². The van der Waals surface area contributed by atoms with E-state index >= 15 is 0 Å². The molecule has 0 spiro atoms. The maximum atomic E-state index is 13.2. The summed E-state index contributed by atoms with van der Waals surface area (Å²) in [7, 11) is 0. The third-order valence-electron chi connectivity index (χ3n) is 4.87. The van der Waals surface area contributed by atoms with Crippen molar-refractivity contribution in [2.24, 2.45) is 0 Å². The highest BCUT2D eigenvalue weighted by Gasteiger charge is 2.17. The number of carbonyl (C=O) groups is 1. The molecule has 9 heteroatoms. The molecule has 2 heterocycles. The summed E-state index contributed by atoms with van der Waals surface area (Å²) < 4.78 is 19.8. The number of nitrogens with zero attached hydrogens (tertiary/aromatic N) is 4. The fourth-order valence-electron chi connectivity index (χ4n) is 3.32. The second-order valence-corrected chi connectivity index (χ2v) is 6.96. The molecule has 0 saturated carbocycles. The summed E-state index contributed by atoms with van der Waals surface area (Å²) >= 11 is 0. The Morgan fingerprint density at radius 2 is 1.97 bits per heavy atom. The van der Waals surface area contributed by atoms with Gasteiger partial charge in [0.1, 0.15) is 29.0 Å². The van der Waals surface area contributed by atoms with Crippen LogP contribution in [0, 0.1) is 17.1 Å². The highest BCUT2D eigenvalue weighted by atomic mass is 19.1. The zero-order chi connectivity index (χ0) is 21.8. The van der Waals surface area contributed by atoms with Crippen LogP contribution < -0.4 is 11.1 Å². The lowest BCUT2D eigenvalue weighted by molar-refractivity contribution is -0.120. The summed E-state index contributed by atoms with van der Waals surface area (Å²) in [6.07, 6.45) is 1.14. The van der Waals surface area contributed by atoms with E-state index in [0.717, 1.165) is 5.39 Å². The van der Waals surface area contributed by atoms with Crippen LogP contribution in [0.15, 0.2) is 53.1 Å². The molecule has 0 aliphatic rings. The Bertz CT molecular complexity index is 1270. The maximum Gasteiger partial charge on any atom is 0.226 e. The number of benzene rings is 2. The van der Waals surface area contributed by atoms with Gasteiger partial charge in [-0.15, -0.1) is 0 Å². The molecule has 0 aliphatic heterocycles. The number of amides is 1. The van der Waals surface area contributed by atoms with Gasteiger partial charge in [-0.05, 0) is 49.2 Å². The summed E-state index contributed by atoms with van der Waals surface area (Å²) in [5, 5.41) is 21.5. The Hall–Kier alpha value is -4.19. The number of hydrogen-bond donors (Lipinski definition) is 2. The molecule has 0 unspecified atom stereocenters. The van der Waals surface area contributed by atoms with Crippen LogP contribution >= 0.6 is 0 Å². The van der Waals surface area contributed by atoms with E-state index in [1.165, 1.54) is 28.9 Å². The van der Waals surface area contributed by atoms with Gasteiger partial charge in [-0.25, -0.2) is 9.07 Å². The smallest absolute Gasteiger partial charge is 0.226 e. The minimum Gasteiger partial charge on any atom is -0.382 e. The number of nitrogens with one attached hydrogen (secondary N) is 1. The maximum absolute atomic E-state index is 13.2. The van der Waals surface area contributed by atoms with Crippen LogP contribution in [0.1, 0.15) is 23.4 Å². The number of rotatable bonds is 7. The summed E-state index contributed by atoms with van der Waals surface area (Å²) in [5.41, 5.74) is 8.66. The molecule has 0 saturated heterocycles. The zero-order valence-corrected chi connectivity index (χ0v) is 16.5. The standard InChI is InChI=1S/C22H19FN6O2/c23-14-7-9-15(10-8-14)29-22(25)17(13-24)18(27-29)5-3-11-26-21(30)12-19-16-4-1-2-6-20(16)31-28-19/h1-2,4,6-10H,3,5,11-12,25H2,(H,26,30). The van der Waals surface area contributed by atoms with Gasteiger partial charge in [-0.1, -0.05) is 17.3 Å². The third-order valence-corrected chi connectivity index (χ3v) is 4.87. The first-order valence-electron chi connectivity index (χ1n) is 9.70. The van der Waals surface area contributed by atoms with Gasteiger partial charge in [0.25, 0.3) is 0 Å². The highest BCUT2D eigenvalue weighted by Crippen LogP contribution is 2.22. The molecular formula is C22H19FN6O2. The molecule has 0 radical (unpaired) electrons. The Labute approximate surface area is 177 Å². The number of aryl methyl sites for hydroxylation is 1. The molecule has 0 aliphatic carbocycles. The lowest BCUT2D eigenvalue weighted by Crippen LogP contribution is -2.26. The SMILES string of the molecule is N#Cc1c(CCCNC(=O)Cc2noc3ccccc23)nn(-c2ccc(F)cc2)c1N. The Morgan fingerprint density at radius 1 is 1.19 bits per heavy atom. The normalized spacial score (nSPS) is 10.8. The van der Waals surface area contributed by atoms with Crippen molar-refractivity contribution in [3.05, 3.63) is 71.3 Å². The van der Waals surface area contributed by atoms with Crippen LogP contribution in [-0.4, -0.2) is 27.4 Å². The predicted octanol–water partition coefficient (Wildman–Crippen LogP) is 2.90. The molecule has 8 nitrogen and oxygen atoms in total. The summed E-state index contributed by atoms with van der Waals surface area (Å²) in [4.78, 5) is 12.2. The van der Waals surface area contributed by atoms with Crippen LogP contribution in [0.3, 0.4) is 0 Å². The minimum atomic E-state index is -0.371. The molecule has 0 bridgehead atoms. The van der Waals surface area contributed by atoms with Crippen molar-refractivity contribution in [3.63, 3.8) is 0 Å². The van der Waals surface area contributed by atoms with E-state index in [9.17, 15) is 14.4 Å². The Morgan fingerprint density at radius 3 is 2.74 bits per heavy atom. The van der Waals surface area contributed by atoms with Crippen molar-refractivity contribution in [1.82, 2.24) is 20.3 Å². The van der Waals surface area contributed by atoms with E-state index < -0.39 is 0 Å². The largest absolute Gasteiger partial charge is 0.382 e. The molecular weight excluding hydrogens is 399 g/mol. The first-order chi connectivity index (χ1) is 15.1. The van der Waals surface area contributed by atoms with Crippen LogP contribution in [0.4, 0.5) is 10.2 Å². The molecule has 31 heavy (non-hydrogen) atoms. The molecule has 2 aromatic carbocycles. The van der Waals surface area contributed by atoms with Crippen LogP contribution in [0.5, 0.6) is 0 Å². The fourth-order valence-corrected chi connectivity index (χ4v) is 3.32. The first-order valence-corrected chi connectivity index (χ1v) is 9.70. The van der Waals surface area contributed by atoms with Gasteiger partial charge in [0.05, 0.1) is 17.8 Å². The number of fused-ring (bicyclic) bond motifs is 1. The number of hydrogen-bond acceptors (Lipinski definition) is 6. The number of nitrogen functional groups attached to an aromatic ring is 1. The second-order valence-electron chi connectivity index (χ2n) is 6.96. The van der Waals surface area contributed by atoms with E-state index in [1.54, 1.807) is 6.07 Å². The van der Waals surface area contributed by atoms with Crippen LogP contribution in [-0.2, 0) is 17.6 Å². The quantitative estimate of drug-likeness (QED) is 0.445. The summed E-state index contributed by atoms with van der Waals surface area (Å²) in [5.74, 6) is -0.341. The number of para-hydroxylation sites is 1. The zero-order valence-electron chi connectivity index (χ0n) is 16.5. The predicted molar refractivity (Wildman–Crippen MR) is 112 cm³/mol. The Balaban J connectivity index is 1.35. The number of nitriles is 1. The van der Waals surface area contributed by atoms with E-state index in [0.29, 0.717) is 42.0 Å². The van der Waals surface area contributed by atoms with Gasteiger partial charge in [-0.2, -0.15) is 10.4 Å². The average molecular weight is 418 g/mol. The number of halogens is 1. The summed E-state index contributed by atoms with van der Waals surface area (Å²) in [6, 6.07) is 15.1. The van der Waals surface area contributed by atoms with Gasteiger partial charge in [0.15, 0.2) is 5.58 Å². The van der Waals surface area contributed by atoms with Crippen molar-refractivity contribution in [1.29, 1.82) is 5.26 Å². The molecule has 4 aromatic rings. The second kappa shape index (κ2) is 8.67. The first kappa shape index (κ1) is 20.1. The van der Waals surface area contributed by atoms with E-state index in [1.807, 2.05) is 18.2 Å². The van der Waals surface area contributed by atoms with Gasteiger partial charge < -0.3 is 15.6 Å². The lowest BCUT2D eigenvalue weighted by atomic mass is 10.1. The molecule has 156 valence electrons. The molecule has 0 atom stereocenters. The van der Waals surface area contributed by atoms with Gasteiger partial charge in [0, 0.05) is 11.9 Å². The number of anilines is 1. The topological polar surface area (TPSA) is 123 Å². The van der Waals surface area contributed by atoms with E-state index in [2.05, 4.69) is 21.6 Å².